The summed E-state index contributed by atoms with van der Waals surface area (Å²) in [6.07, 6.45) is 9.33. The highest BCUT2D eigenvalue weighted by molar-refractivity contribution is 6.32. The van der Waals surface area contributed by atoms with Gasteiger partial charge in [-0.25, -0.2) is 15.0 Å². The second kappa shape index (κ2) is 7.96. The Kier molecular flexibility index (Phi) is 5.25. The predicted molar refractivity (Wildman–Crippen MR) is 107 cm³/mol. The molecule has 0 unspecified atom stereocenters. The number of aromatic nitrogens is 4. The van der Waals surface area contributed by atoms with Crippen LogP contribution in [0.3, 0.4) is 0 Å². The molecule has 1 aliphatic heterocycles. The van der Waals surface area contributed by atoms with Gasteiger partial charge >= 0.3 is 0 Å². The number of hydrogen-bond donors (Lipinski definition) is 1. The molecule has 1 aliphatic rings. The highest BCUT2D eigenvalue weighted by Gasteiger charge is 2.35. The van der Waals surface area contributed by atoms with E-state index in [-0.39, 0.29) is 6.04 Å². The van der Waals surface area contributed by atoms with Gasteiger partial charge in [0.05, 0.1) is 17.4 Å². The first-order valence-electron chi connectivity index (χ1n) is 9.18. The number of anilines is 1. The van der Waals surface area contributed by atoms with E-state index in [1.54, 1.807) is 12.7 Å². The average Bonchev–Trinajstić information content (AvgIpc) is 3.32. The summed E-state index contributed by atoms with van der Waals surface area (Å²) in [4.78, 5) is 18.7. The molecule has 2 atom stereocenters. The quantitative estimate of drug-likeness (QED) is 0.613. The van der Waals surface area contributed by atoms with Crippen LogP contribution in [0.15, 0.2) is 49.6 Å². The molecule has 1 fully saturated rings. The van der Waals surface area contributed by atoms with Crippen molar-refractivity contribution in [3.05, 3.63) is 54.6 Å². The molecule has 27 heavy (non-hydrogen) atoms. The Bertz CT molecular complexity index is 927. The highest BCUT2D eigenvalue weighted by Crippen LogP contribution is 2.35. The van der Waals surface area contributed by atoms with E-state index in [1.807, 2.05) is 30.3 Å². The molecule has 0 amide bonds. The summed E-state index contributed by atoms with van der Waals surface area (Å²) in [5.74, 6) is 1.57. The molecule has 0 aliphatic carbocycles. The molecule has 6 nitrogen and oxygen atoms in total. The van der Waals surface area contributed by atoms with E-state index in [4.69, 9.17) is 16.3 Å². The first-order chi connectivity index (χ1) is 13.3. The van der Waals surface area contributed by atoms with Crippen molar-refractivity contribution in [2.75, 3.05) is 11.5 Å². The van der Waals surface area contributed by atoms with E-state index in [0.717, 1.165) is 42.7 Å². The number of hydrogen-bond acceptors (Lipinski definition) is 5. The number of para-hydroxylation sites is 1. The lowest BCUT2D eigenvalue weighted by molar-refractivity contribution is 0.286. The van der Waals surface area contributed by atoms with Gasteiger partial charge in [-0.15, -0.1) is 6.58 Å². The zero-order valence-corrected chi connectivity index (χ0v) is 15.8. The van der Waals surface area contributed by atoms with E-state index in [0.29, 0.717) is 23.4 Å². The molecule has 3 aromatic rings. The number of nitrogens with zero attached hydrogens (tertiary/aromatic N) is 4. The summed E-state index contributed by atoms with van der Waals surface area (Å²) < 4.78 is 6.05. The van der Waals surface area contributed by atoms with Crippen molar-refractivity contribution in [3.8, 4) is 5.75 Å². The minimum atomic E-state index is 0.200. The van der Waals surface area contributed by atoms with Gasteiger partial charge in [-0.2, -0.15) is 0 Å². The lowest BCUT2D eigenvalue weighted by Crippen LogP contribution is -2.40. The Morgan fingerprint density at radius 1 is 1.22 bits per heavy atom. The lowest BCUT2D eigenvalue weighted by Gasteiger charge is -2.31. The van der Waals surface area contributed by atoms with Crippen LogP contribution in [0.2, 0.25) is 5.02 Å². The molecule has 140 valence electrons. The normalized spacial score (nSPS) is 19.5. The molecule has 0 radical (unpaired) electrons. The Balaban J connectivity index is 1.61. The molecular formula is C20H22ClN5O. The van der Waals surface area contributed by atoms with Gasteiger partial charge in [0, 0.05) is 6.04 Å². The van der Waals surface area contributed by atoms with Crippen LogP contribution < -0.4 is 9.64 Å². The number of nitrogens with one attached hydrogen (secondary N) is 1. The number of imidazole rings is 1. The van der Waals surface area contributed by atoms with Crippen LogP contribution in [0.1, 0.15) is 25.7 Å². The fourth-order valence-corrected chi connectivity index (χ4v) is 3.94. The number of rotatable bonds is 7. The lowest BCUT2D eigenvalue weighted by atomic mass is 10.1. The summed E-state index contributed by atoms with van der Waals surface area (Å²) in [5.41, 5.74) is 1.55. The van der Waals surface area contributed by atoms with Gasteiger partial charge in [0.25, 0.3) is 0 Å². The van der Waals surface area contributed by atoms with Gasteiger partial charge in [-0.05, 0) is 37.8 Å². The Labute approximate surface area is 163 Å². The smallest absolute Gasteiger partial charge is 0.162 e. The van der Waals surface area contributed by atoms with Crippen molar-refractivity contribution in [2.24, 2.45) is 0 Å². The largest absolute Gasteiger partial charge is 0.490 e. The van der Waals surface area contributed by atoms with Gasteiger partial charge in [0.15, 0.2) is 11.5 Å². The molecule has 4 rings (SSSR count). The Hall–Kier alpha value is -2.60. The fourth-order valence-electron chi connectivity index (χ4n) is 3.75. The first-order valence-corrected chi connectivity index (χ1v) is 9.56. The van der Waals surface area contributed by atoms with Crippen LogP contribution in [0.25, 0.3) is 11.2 Å². The molecule has 0 spiro atoms. The van der Waals surface area contributed by atoms with Crippen molar-refractivity contribution in [1.82, 2.24) is 19.9 Å². The maximum absolute atomic E-state index is 6.24. The number of benzene rings is 1. The molecular weight excluding hydrogens is 362 g/mol. The Morgan fingerprint density at radius 2 is 2.07 bits per heavy atom. The van der Waals surface area contributed by atoms with Crippen LogP contribution in [-0.2, 0) is 0 Å². The molecule has 1 saturated heterocycles. The van der Waals surface area contributed by atoms with Gasteiger partial charge in [-0.1, -0.05) is 29.8 Å². The van der Waals surface area contributed by atoms with Crippen molar-refractivity contribution in [3.63, 3.8) is 0 Å². The van der Waals surface area contributed by atoms with Gasteiger partial charge < -0.3 is 14.6 Å². The van der Waals surface area contributed by atoms with Crippen LogP contribution >= 0.6 is 11.6 Å². The third kappa shape index (κ3) is 3.62. The van der Waals surface area contributed by atoms with E-state index in [9.17, 15) is 0 Å². The summed E-state index contributed by atoms with van der Waals surface area (Å²) in [5, 5.41) is 0.627. The number of aromatic amines is 1. The highest BCUT2D eigenvalue weighted by atomic mass is 35.5. The third-order valence-electron chi connectivity index (χ3n) is 5.03. The SMILES string of the molecule is C=CCC[C@@H]1CC[C@H](COc2ccccc2Cl)N1c1ncnc2[nH]cnc12. The average molecular weight is 384 g/mol. The maximum atomic E-state index is 6.24. The van der Waals surface area contributed by atoms with Crippen molar-refractivity contribution >= 4 is 28.6 Å². The van der Waals surface area contributed by atoms with Crippen LogP contribution in [0.4, 0.5) is 5.82 Å². The molecule has 1 N–H and O–H groups in total. The summed E-state index contributed by atoms with van der Waals surface area (Å²) in [7, 11) is 0. The van der Waals surface area contributed by atoms with Gasteiger partial charge in [0.1, 0.15) is 24.2 Å². The monoisotopic (exact) mass is 383 g/mol. The van der Waals surface area contributed by atoms with E-state index in [2.05, 4.69) is 31.4 Å². The number of halogens is 1. The third-order valence-corrected chi connectivity index (χ3v) is 5.35. The van der Waals surface area contributed by atoms with Crippen LogP contribution in [-0.4, -0.2) is 38.6 Å². The van der Waals surface area contributed by atoms with Crippen molar-refractivity contribution in [2.45, 2.75) is 37.8 Å². The number of ether oxygens (including phenoxy) is 1. The molecule has 0 saturated carbocycles. The number of allylic oxidation sites excluding steroid dienone is 1. The molecule has 0 bridgehead atoms. The van der Waals surface area contributed by atoms with Gasteiger partial charge in [-0.3, -0.25) is 0 Å². The topological polar surface area (TPSA) is 66.9 Å². The number of H-pyrrole nitrogens is 1. The summed E-state index contributed by atoms with van der Waals surface area (Å²) in [6.45, 7) is 4.41. The molecule has 2 aromatic heterocycles. The van der Waals surface area contributed by atoms with Crippen molar-refractivity contribution < 1.29 is 4.74 Å². The predicted octanol–water partition coefficient (Wildman–Crippen LogP) is 4.39. The van der Waals surface area contributed by atoms with Crippen LogP contribution in [0.5, 0.6) is 5.75 Å². The standard InChI is InChI=1S/C20H22ClN5O/c1-2-3-6-14-9-10-15(11-27-17-8-5-4-7-16(17)21)26(14)20-18-19(23-12-22-18)24-13-25-20/h2,4-5,7-8,12-15H,1,3,6,9-11H2,(H,22,23,24,25)/t14-,15-/m1/s1. The first kappa shape index (κ1) is 17.8. The Morgan fingerprint density at radius 3 is 2.93 bits per heavy atom. The second-order valence-electron chi connectivity index (χ2n) is 6.70. The zero-order chi connectivity index (χ0) is 18.6. The van der Waals surface area contributed by atoms with E-state index in [1.165, 1.54) is 0 Å². The molecule has 3 heterocycles. The van der Waals surface area contributed by atoms with E-state index >= 15 is 0 Å². The zero-order valence-electron chi connectivity index (χ0n) is 15.0. The molecule has 1 aromatic carbocycles. The summed E-state index contributed by atoms with van der Waals surface area (Å²) >= 11 is 6.24. The van der Waals surface area contributed by atoms with Gasteiger partial charge in [0.2, 0.25) is 0 Å². The minimum absolute atomic E-state index is 0.200. The maximum Gasteiger partial charge on any atom is 0.162 e. The fraction of sp³-hybridized carbons (Fsp3) is 0.350. The van der Waals surface area contributed by atoms with Crippen LogP contribution in [0, 0.1) is 0 Å². The van der Waals surface area contributed by atoms with Crippen molar-refractivity contribution in [1.29, 1.82) is 0 Å². The minimum Gasteiger partial charge on any atom is -0.490 e. The summed E-state index contributed by atoms with van der Waals surface area (Å²) in [6, 6.07) is 8.14. The number of fused-ring (bicyclic) bond motifs is 1. The molecule has 7 heteroatoms. The second-order valence-corrected chi connectivity index (χ2v) is 7.10. The van der Waals surface area contributed by atoms with E-state index < -0.39 is 0 Å².